The highest BCUT2D eigenvalue weighted by atomic mass is 32.1. The van der Waals surface area contributed by atoms with Crippen LogP contribution in [0.4, 0.5) is 0 Å². The van der Waals surface area contributed by atoms with Gasteiger partial charge in [0.15, 0.2) is 5.01 Å². The van der Waals surface area contributed by atoms with Gasteiger partial charge in [0.1, 0.15) is 5.01 Å². The summed E-state index contributed by atoms with van der Waals surface area (Å²) in [5.41, 5.74) is 0. The SMILES string of the molecule is CC(C)NCCc1nnc(-c2cc3ccccc3s2)s1. The van der Waals surface area contributed by atoms with Gasteiger partial charge in [-0.15, -0.1) is 21.5 Å². The average molecular weight is 303 g/mol. The van der Waals surface area contributed by atoms with E-state index in [1.807, 2.05) is 0 Å². The summed E-state index contributed by atoms with van der Waals surface area (Å²) in [7, 11) is 0. The largest absolute Gasteiger partial charge is 0.314 e. The molecule has 0 atom stereocenters. The summed E-state index contributed by atoms with van der Waals surface area (Å²) >= 11 is 3.49. The Hall–Kier alpha value is -1.30. The Labute approximate surface area is 126 Å². The Bertz CT molecular complexity index is 667. The monoisotopic (exact) mass is 303 g/mol. The molecule has 0 saturated carbocycles. The van der Waals surface area contributed by atoms with E-state index in [1.54, 1.807) is 22.7 Å². The third kappa shape index (κ3) is 3.06. The average Bonchev–Trinajstić information content (AvgIpc) is 3.03. The van der Waals surface area contributed by atoms with E-state index in [0.717, 1.165) is 23.0 Å². The minimum absolute atomic E-state index is 0.519. The topological polar surface area (TPSA) is 37.8 Å². The molecule has 0 unspecified atom stereocenters. The molecule has 0 saturated heterocycles. The maximum Gasteiger partial charge on any atom is 0.157 e. The lowest BCUT2D eigenvalue weighted by Crippen LogP contribution is -2.24. The molecule has 2 aromatic heterocycles. The predicted molar refractivity (Wildman–Crippen MR) is 87.6 cm³/mol. The standard InChI is InChI=1S/C15H17N3S2/c1-10(2)16-8-7-14-17-18-15(20-14)13-9-11-5-3-4-6-12(11)19-13/h3-6,9-10,16H,7-8H2,1-2H3. The number of aromatic nitrogens is 2. The lowest BCUT2D eigenvalue weighted by molar-refractivity contribution is 0.588. The molecule has 3 aromatic rings. The zero-order valence-electron chi connectivity index (χ0n) is 11.6. The second-order valence-corrected chi connectivity index (χ2v) is 7.15. The van der Waals surface area contributed by atoms with Gasteiger partial charge in [0, 0.05) is 23.7 Å². The summed E-state index contributed by atoms with van der Waals surface area (Å²) in [6.45, 7) is 5.27. The highest BCUT2D eigenvalue weighted by Crippen LogP contribution is 2.34. The number of thiophene rings is 1. The van der Waals surface area contributed by atoms with Gasteiger partial charge in [-0.2, -0.15) is 0 Å². The highest BCUT2D eigenvalue weighted by Gasteiger charge is 2.10. The Morgan fingerprint density at radius 2 is 2.00 bits per heavy atom. The van der Waals surface area contributed by atoms with E-state index in [2.05, 4.69) is 59.7 Å². The van der Waals surface area contributed by atoms with E-state index < -0.39 is 0 Å². The van der Waals surface area contributed by atoms with Gasteiger partial charge in [0.05, 0.1) is 4.88 Å². The lowest BCUT2D eigenvalue weighted by Gasteiger charge is -2.04. The van der Waals surface area contributed by atoms with Crippen LogP contribution in [0.5, 0.6) is 0 Å². The summed E-state index contributed by atoms with van der Waals surface area (Å²) in [6, 6.07) is 11.2. The van der Waals surface area contributed by atoms with Crippen molar-refractivity contribution in [2.75, 3.05) is 6.54 Å². The Morgan fingerprint density at radius 3 is 2.80 bits per heavy atom. The fourth-order valence-electron chi connectivity index (χ4n) is 2.01. The van der Waals surface area contributed by atoms with Crippen LogP contribution in [0.1, 0.15) is 18.9 Å². The van der Waals surface area contributed by atoms with Gasteiger partial charge in [0.25, 0.3) is 0 Å². The maximum atomic E-state index is 4.33. The second kappa shape index (κ2) is 5.99. The van der Waals surface area contributed by atoms with Crippen LogP contribution in [-0.2, 0) is 6.42 Å². The van der Waals surface area contributed by atoms with Crippen molar-refractivity contribution in [1.29, 1.82) is 0 Å². The zero-order chi connectivity index (χ0) is 13.9. The van der Waals surface area contributed by atoms with E-state index in [1.165, 1.54) is 15.0 Å². The number of fused-ring (bicyclic) bond motifs is 1. The van der Waals surface area contributed by atoms with Gasteiger partial charge in [-0.05, 0) is 17.5 Å². The van der Waals surface area contributed by atoms with E-state index in [4.69, 9.17) is 0 Å². The molecule has 3 nitrogen and oxygen atoms in total. The van der Waals surface area contributed by atoms with Crippen molar-refractivity contribution < 1.29 is 0 Å². The normalized spacial score (nSPS) is 11.6. The van der Waals surface area contributed by atoms with Crippen LogP contribution >= 0.6 is 22.7 Å². The third-order valence-corrected chi connectivity index (χ3v) is 5.26. The number of hydrogen-bond donors (Lipinski definition) is 1. The van der Waals surface area contributed by atoms with E-state index in [9.17, 15) is 0 Å². The first-order valence-electron chi connectivity index (χ1n) is 6.77. The number of nitrogens with zero attached hydrogens (tertiary/aromatic N) is 2. The molecule has 20 heavy (non-hydrogen) atoms. The summed E-state index contributed by atoms with van der Waals surface area (Å²) in [5, 5.41) is 15.4. The maximum absolute atomic E-state index is 4.33. The molecule has 0 aliphatic rings. The molecule has 1 aromatic carbocycles. The number of nitrogens with one attached hydrogen (secondary N) is 1. The molecule has 104 valence electrons. The summed E-state index contributed by atoms with van der Waals surface area (Å²) in [4.78, 5) is 1.21. The molecule has 3 rings (SSSR count). The summed E-state index contributed by atoms with van der Waals surface area (Å²) in [6.07, 6.45) is 0.945. The Balaban J connectivity index is 1.75. The van der Waals surface area contributed by atoms with Gasteiger partial charge >= 0.3 is 0 Å². The summed E-state index contributed by atoms with van der Waals surface area (Å²) in [5.74, 6) is 0. The molecule has 1 N–H and O–H groups in total. The Kier molecular flexibility index (Phi) is 4.10. The Morgan fingerprint density at radius 1 is 1.15 bits per heavy atom. The van der Waals surface area contributed by atoms with Crippen LogP contribution in [0.2, 0.25) is 0 Å². The zero-order valence-corrected chi connectivity index (χ0v) is 13.2. The minimum atomic E-state index is 0.519. The van der Waals surface area contributed by atoms with Crippen molar-refractivity contribution in [2.24, 2.45) is 0 Å². The van der Waals surface area contributed by atoms with Gasteiger partial charge in [-0.3, -0.25) is 0 Å². The molecule has 0 fully saturated rings. The highest BCUT2D eigenvalue weighted by molar-refractivity contribution is 7.25. The van der Waals surface area contributed by atoms with Crippen molar-refractivity contribution in [3.8, 4) is 9.88 Å². The number of benzene rings is 1. The van der Waals surface area contributed by atoms with Crippen LogP contribution in [0.15, 0.2) is 30.3 Å². The predicted octanol–water partition coefficient (Wildman–Crippen LogP) is 3.96. The van der Waals surface area contributed by atoms with Crippen LogP contribution in [0.3, 0.4) is 0 Å². The van der Waals surface area contributed by atoms with Crippen molar-refractivity contribution >= 4 is 32.8 Å². The van der Waals surface area contributed by atoms with Crippen LogP contribution in [-0.4, -0.2) is 22.8 Å². The second-order valence-electron chi connectivity index (χ2n) is 5.01. The van der Waals surface area contributed by atoms with Crippen molar-refractivity contribution in [3.05, 3.63) is 35.3 Å². The molecular weight excluding hydrogens is 286 g/mol. The molecule has 0 spiro atoms. The van der Waals surface area contributed by atoms with Gasteiger partial charge < -0.3 is 5.32 Å². The van der Waals surface area contributed by atoms with Crippen LogP contribution < -0.4 is 5.32 Å². The number of rotatable bonds is 5. The number of hydrogen-bond acceptors (Lipinski definition) is 5. The molecule has 5 heteroatoms. The fraction of sp³-hybridized carbons (Fsp3) is 0.333. The third-order valence-electron chi connectivity index (χ3n) is 2.99. The van der Waals surface area contributed by atoms with E-state index >= 15 is 0 Å². The van der Waals surface area contributed by atoms with Crippen molar-refractivity contribution in [2.45, 2.75) is 26.3 Å². The van der Waals surface area contributed by atoms with Gasteiger partial charge in [0.2, 0.25) is 0 Å². The summed E-state index contributed by atoms with van der Waals surface area (Å²) < 4.78 is 1.31. The quantitative estimate of drug-likeness (QED) is 0.775. The molecule has 0 aliphatic heterocycles. The molecule has 2 heterocycles. The molecule has 0 aliphatic carbocycles. The van der Waals surface area contributed by atoms with Crippen molar-refractivity contribution in [1.82, 2.24) is 15.5 Å². The van der Waals surface area contributed by atoms with Crippen LogP contribution in [0.25, 0.3) is 20.0 Å². The van der Waals surface area contributed by atoms with E-state index in [-0.39, 0.29) is 0 Å². The van der Waals surface area contributed by atoms with Gasteiger partial charge in [-0.1, -0.05) is 43.4 Å². The lowest BCUT2D eigenvalue weighted by atomic mass is 10.2. The van der Waals surface area contributed by atoms with E-state index in [0.29, 0.717) is 6.04 Å². The van der Waals surface area contributed by atoms with Crippen LogP contribution in [0, 0.1) is 0 Å². The first-order valence-corrected chi connectivity index (χ1v) is 8.40. The first-order chi connectivity index (χ1) is 9.72. The smallest absolute Gasteiger partial charge is 0.157 e. The fourth-order valence-corrected chi connectivity index (χ4v) is 3.95. The molecule has 0 amide bonds. The van der Waals surface area contributed by atoms with Crippen molar-refractivity contribution in [3.63, 3.8) is 0 Å². The van der Waals surface area contributed by atoms with Gasteiger partial charge in [-0.25, -0.2) is 0 Å². The molecule has 0 bridgehead atoms. The molecule has 0 radical (unpaired) electrons. The first kappa shape index (κ1) is 13.7. The minimum Gasteiger partial charge on any atom is -0.314 e. The molecular formula is C15H17N3S2.